The Kier molecular flexibility index (Phi) is 4.03. The van der Waals surface area contributed by atoms with Crippen molar-refractivity contribution >= 4 is 5.69 Å². The number of benzene rings is 1. The van der Waals surface area contributed by atoms with E-state index >= 15 is 0 Å². The van der Waals surface area contributed by atoms with Gasteiger partial charge in [-0.3, -0.25) is 0 Å². The topological polar surface area (TPSA) is 3.24 Å². The monoisotopic (exact) mass is 235 g/mol. The second-order valence-corrected chi connectivity index (χ2v) is 5.17. The van der Waals surface area contributed by atoms with Crippen LogP contribution < -0.4 is 4.90 Å². The van der Waals surface area contributed by atoms with Gasteiger partial charge in [0.1, 0.15) is 5.82 Å². The van der Waals surface area contributed by atoms with Gasteiger partial charge in [-0.2, -0.15) is 0 Å². The van der Waals surface area contributed by atoms with Crippen LogP contribution in [0.4, 0.5) is 10.1 Å². The zero-order chi connectivity index (χ0) is 12.3. The van der Waals surface area contributed by atoms with Gasteiger partial charge < -0.3 is 4.90 Å². The summed E-state index contributed by atoms with van der Waals surface area (Å²) >= 11 is 0. The van der Waals surface area contributed by atoms with E-state index in [0.717, 1.165) is 30.3 Å². The highest BCUT2D eigenvalue weighted by Crippen LogP contribution is 2.28. The van der Waals surface area contributed by atoms with E-state index in [1.165, 1.54) is 25.7 Å². The average Bonchev–Trinajstić information content (AvgIpc) is 2.31. The summed E-state index contributed by atoms with van der Waals surface area (Å²) in [5.41, 5.74) is 1.78. The first kappa shape index (κ1) is 12.4. The first-order valence-corrected chi connectivity index (χ1v) is 6.71. The maximum absolute atomic E-state index is 13.8. The molecule has 0 aromatic heterocycles. The van der Waals surface area contributed by atoms with Gasteiger partial charge in [0, 0.05) is 13.1 Å². The second-order valence-electron chi connectivity index (χ2n) is 5.17. The Labute approximate surface area is 104 Å². The number of piperidine rings is 1. The molecule has 1 aliphatic rings. The van der Waals surface area contributed by atoms with Crippen LogP contribution in [-0.4, -0.2) is 13.1 Å². The maximum Gasteiger partial charge on any atom is 0.146 e. The molecule has 2 heteroatoms. The molecule has 0 radical (unpaired) electrons. The summed E-state index contributed by atoms with van der Waals surface area (Å²) in [6, 6.07) is 5.55. The highest BCUT2D eigenvalue weighted by atomic mass is 19.1. The lowest BCUT2D eigenvalue weighted by molar-refractivity contribution is 0.376. The molecule has 0 aliphatic carbocycles. The van der Waals surface area contributed by atoms with Crippen LogP contribution in [0.25, 0.3) is 0 Å². The van der Waals surface area contributed by atoms with Gasteiger partial charge in [-0.15, -0.1) is 0 Å². The molecule has 1 aliphatic heterocycles. The Morgan fingerprint density at radius 1 is 1.29 bits per heavy atom. The van der Waals surface area contributed by atoms with Gasteiger partial charge in [-0.1, -0.05) is 25.8 Å². The van der Waals surface area contributed by atoms with Gasteiger partial charge in [-0.05, 0) is 43.4 Å². The van der Waals surface area contributed by atoms with E-state index in [4.69, 9.17) is 0 Å². The van der Waals surface area contributed by atoms with Crippen LogP contribution in [0, 0.1) is 18.7 Å². The molecule has 1 nitrogen and oxygen atoms in total. The summed E-state index contributed by atoms with van der Waals surface area (Å²) in [5.74, 6) is 0.781. The standard InChI is InChI=1S/C15H22FN/c1-3-4-13-7-9-17(10-8-13)15-6-5-12(2)11-14(15)16/h5-6,11,13H,3-4,7-10H2,1-2H3. The van der Waals surface area contributed by atoms with Crippen LogP contribution in [0.5, 0.6) is 0 Å². The van der Waals surface area contributed by atoms with E-state index in [1.807, 2.05) is 19.1 Å². The van der Waals surface area contributed by atoms with Crippen LogP contribution in [0.1, 0.15) is 38.2 Å². The molecule has 2 rings (SSSR count). The summed E-state index contributed by atoms with van der Waals surface area (Å²) in [7, 11) is 0. The van der Waals surface area contributed by atoms with Crippen molar-refractivity contribution in [2.45, 2.75) is 39.5 Å². The number of hydrogen-bond donors (Lipinski definition) is 0. The largest absolute Gasteiger partial charge is 0.369 e. The van der Waals surface area contributed by atoms with Crippen molar-refractivity contribution in [1.82, 2.24) is 0 Å². The van der Waals surface area contributed by atoms with Gasteiger partial charge in [-0.25, -0.2) is 4.39 Å². The Balaban J connectivity index is 2.00. The first-order valence-electron chi connectivity index (χ1n) is 6.71. The van der Waals surface area contributed by atoms with Crippen molar-refractivity contribution < 1.29 is 4.39 Å². The zero-order valence-corrected chi connectivity index (χ0v) is 10.9. The lowest BCUT2D eigenvalue weighted by Gasteiger charge is -2.33. The van der Waals surface area contributed by atoms with Crippen molar-refractivity contribution in [2.24, 2.45) is 5.92 Å². The molecule has 0 spiro atoms. The van der Waals surface area contributed by atoms with Crippen molar-refractivity contribution in [3.8, 4) is 0 Å². The Bertz CT molecular complexity index is 367. The van der Waals surface area contributed by atoms with Crippen molar-refractivity contribution in [3.63, 3.8) is 0 Å². The zero-order valence-electron chi connectivity index (χ0n) is 10.9. The fraction of sp³-hybridized carbons (Fsp3) is 0.600. The molecular formula is C15H22FN. The highest BCUT2D eigenvalue weighted by molar-refractivity contribution is 5.49. The fourth-order valence-electron chi connectivity index (χ4n) is 2.74. The van der Waals surface area contributed by atoms with Gasteiger partial charge in [0.2, 0.25) is 0 Å². The number of halogens is 1. The van der Waals surface area contributed by atoms with Crippen LogP contribution >= 0.6 is 0 Å². The van der Waals surface area contributed by atoms with Crippen molar-refractivity contribution in [1.29, 1.82) is 0 Å². The van der Waals surface area contributed by atoms with Gasteiger partial charge in [0.15, 0.2) is 0 Å². The van der Waals surface area contributed by atoms with E-state index in [0.29, 0.717) is 0 Å². The maximum atomic E-state index is 13.8. The minimum absolute atomic E-state index is 0.0704. The molecule has 17 heavy (non-hydrogen) atoms. The quantitative estimate of drug-likeness (QED) is 0.760. The minimum atomic E-state index is -0.0704. The molecule has 1 heterocycles. The van der Waals surface area contributed by atoms with E-state index in [2.05, 4.69) is 11.8 Å². The van der Waals surface area contributed by atoms with Crippen LogP contribution in [0.2, 0.25) is 0 Å². The van der Waals surface area contributed by atoms with Gasteiger partial charge in [0.25, 0.3) is 0 Å². The summed E-state index contributed by atoms with van der Waals surface area (Å²) in [4.78, 5) is 2.20. The van der Waals surface area contributed by atoms with E-state index in [9.17, 15) is 4.39 Å². The molecular weight excluding hydrogens is 213 g/mol. The minimum Gasteiger partial charge on any atom is -0.369 e. The number of anilines is 1. The number of hydrogen-bond acceptors (Lipinski definition) is 1. The molecule has 1 fully saturated rings. The van der Waals surface area contributed by atoms with E-state index in [-0.39, 0.29) is 5.82 Å². The smallest absolute Gasteiger partial charge is 0.146 e. The SMILES string of the molecule is CCCC1CCN(c2ccc(C)cc2F)CC1. The fourth-order valence-corrected chi connectivity index (χ4v) is 2.74. The van der Waals surface area contributed by atoms with E-state index < -0.39 is 0 Å². The Morgan fingerprint density at radius 2 is 2.00 bits per heavy atom. The van der Waals surface area contributed by atoms with E-state index in [1.54, 1.807) is 6.07 Å². The Hall–Kier alpha value is -1.05. The number of rotatable bonds is 3. The van der Waals surface area contributed by atoms with Gasteiger partial charge >= 0.3 is 0 Å². The summed E-state index contributed by atoms with van der Waals surface area (Å²) in [5, 5.41) is 0. The second kappa shape index (κ2) is 5.52. The number of nitrogens with zero attached hydrogens (tertiary/aromatic N) is 1. The molecule has 1 aromatic rings. The van der Waals surface area contributed by atoms with Crippen LogP contribution in [0.15, 0.2) is 18.2 Å². The third-order valence-electron chi connectivity index (χ3n) is 3.76. The molecule has 0 atom stereocenters. The molecule has 0 unspecified atom stereocenters. The summed E-state index contributed by atoms with van der Waals surface area (Å²) in [6.07, 6.45) is 5.01. The van der Waals surface area contributed by atoms with Crippen molar-refractivity contribution in [2.75, 3.05) is 18.0 Å². The summed E-state index contributed by atoms with van der Waals surface area (Å²) in [6.45, 7) is 6.18. The molecule has 94 valence electrons. The predicted octanol–water partition coefficient (Wildman–Crippen LogP) is 4.15. The molecule has 0 bridgehead atoms. The number of aryl methyl sites for hydroxylation is 1. The third-order valence-corrected chi connectivity index (χ3v) is 3.76. The van der Waals surface area contributed by atoms with Crippen LogP contribution in [0.3, 0.4) is 0 Å². The lowest BCUT2D eigenvalue weighted by Crippen LogP contribution is -2.34. The normalized spacial score (nSPS) is 17.5. The predicted molar refractivity (Wildman–Crippen MR) is 71.0 cm³/mol. The molecule has 1 saturated heterocycles. The lowest BCUT2D eigenvalue weighted by atomic mass is 9.92. The third kappa shape index (κ3) is 2.99. The molecule has 1 aromatic carbocycles. The molecule has 0 N–H and O–H groups in total. The van der Waals surface area contributed by atoms with Crippen LogP contribution in [-0.2, 0) is 0 Å². The van der Waals surface area contributed by atoms with Gasteiger partial charge in [0.05, 0.1) is 5.69 Å². The first-order chi connectivity index (χ1) is 8.20. The van der Waals surface area contributed by atoms with Crippen molar-refractivity contribution in [3.05, 3.63) is 29.6 Å². The molecule has 0 saturated carbocycles. The highest BCUT2D eigenvalue weighted by Gasteiger charge is 2.20. The Morgan fingerprint density at radius 3 is 2.59 bits per heavy atom. The summed E-state index contributed by atoms with van der Waals surface area (Å²) < 4.78 is 13.8. The average molecular weight is 235 g/mol. The molecule has 0 amide bonds.